The highest BCUT2D eigenvalue weighted by atomic mass is 19.3. The molecule has 5 nitrogen and oxygen atoms in total. The summed E-state index contributed by atoms with van der Waals surface area (Å²) in [5, 5.41) is 12.7. The molecule has 1 heterocycles. The summed E-state index contributed by atoms with van der Waals surface area (Å²) in [5.74, 6) is 0.709. The maximum atomic E-state index is 11.8. The Morgan fingerprint density at radius 2 is 2.26 bits per heavy atom. The van der Waals surface area contributed by atoms with Crippen molar-refractivity contribution >= 4 is 0 Å². The molecular weight excluding hydrogens is 256 g/mol. The number of nitriles is 1. The van der Waals surface area contributed by atoms with Crippen LogP contribution in [0.5, 0.6) is 0 Å². The molecule has 0 aliphatic heterocycles. The summed E-state index contributed by atoms with van der Waals surface area (Å²) in [4.78, 5) is 4.19. The molecule has 1 aliphatic carbocycles. The van der Waals surface area contributed by atoms with E-state index in [4.69, 9.17) is 14.5 Å². The number of ether oxygens (including phenoxy) is 1. The first-order chi connectivity index (χ1) is 8.96. The highest BCUT2D eigenvalue weighted by molar-refractivity contribution is 5.26. The molecule has 0 saturated heterocycles. The first-order valence-electron chi connectivity index (χ1n) is 6.04. The van der Waals surface area contributed by atoms with E-state index in [1.54, 1.807) is 0 Å². The lowest BCUT2D eigenvalue weighted by Gasteiger charge is -1.99. The van der Waals surface area contributed by atoms with Crippen LogP contribution in [0.25, 0.3) is 0 Å². The third kappa shape index (κ3) is 2.89. The minimum atomic E-state index is -2.47. The molecule has 2 atom stereocenters. The van der Waals surface area contributed by atoms with Crippen LogP contribution in [-0.4, -0.2) is 29.8 Å². The molecule has 104 valence electrons. The first kappa shape index (κ1) is 13.9. The molecule has 0 radical (unpaired) electrons. The van der Waals surface area contributed by atoms with Gasteiger partial charge in [-0.1, -0.05) is 19.0 Å². The number of halogens is 2. The maximum Gasteiger partial charge on any atom is 0.261 e. The van der Waals surface area contributed by atoms with E-state index in [0.29, 0.717) is 18.1 Å². The zero-order valence-corrected chi connectivity index (χ0v) is 10.8. The maximum absolute atomic E-state index is 11.8. The Morgan fingerprint density at radius 1 is 1.53 bits per heavy atom. The smallest absolute Gasteiger partial charge is 0.261 e. The van der Waals surface area contributed by atoms with Gasteiger partial charge in [-0.25, -0.2) is 8.78 Å². The monoisotopic (exact) mass is 271 g/mol. The SMILES string of the molecule is CC1(C)C(C#N)C1c1nc(CCOCC(F)F)no1. The largest absolute Gasteiger partial charge is 0.375 e. The van der Waals surface area contributed by atoms with E-state index in [0.717, 1.165) is 0 Å². The fourth-order valence-corrected chi connectivity index (χ4v) is 2.17. The van der Waals surface area contributed by atoms with Gasteiger partial charge in [0.25, 0.3) is 6.43 Å². The Kier molecular flexibility index (Phi) is 3.80. The van der Waals surface area contributed by atoms with Gasteiger partial charge in [0, 0.05) is 6.42 Å². The summed E-state index contributed by atoms with van der Waals surface area (Å²) in [7, 11) is 0. The van der Waals surface area contributed by atoms with Crippen LogP contribution in [0.15, 0.2) is 4.52 Å². The van der Waals surface area contributed by atoms with E-state index in [2.05, 4.69) is 16.2 Å². The van der Waals surface area contributed by atoms with Crippen LogP contribution in [-0.2, 0) is 11.2 Å². The number of nitrogens with zero attached hydrogens (tertiary/aromatic N) is 3. The molecule has 1 fully saturated rings. The lowest BCUT2D eigenvalue weighted by molar-refractivity contribution is 0.0182. The first-order valence-corrected chi connectivity index (χ1v) is 6.04. The number of alkyl halides is 2. The Morgan fingerprint density at radius 3 is 2.84 bits per heavy atom. The standard InChI is InChI=1S/C12H15F2N3O2/c1-12(2)7(5-15)10(12)11-16-9(17-19-11)3-4-18-6-8(13)14/h7-8,10H,3-4,6H2,1-2H3. The second kappa shape index (κ2) is 5.21. The van der Waals surface area contributed by atoms with Crippen molar-refractivity contribution in [2.45, 2.75) is 32.6 Å². The average molecular weight is 271 g/mol. The van der Waals surface area contributed by atoms with Crippen LogP contribution in [0.4, 0.5) is 8.78 Å². The Balaban J connectivity index is 1.85. The topological polar surface area (TPSA) is 71.9 Å². The number of rotatable bonds is 6. The van der Waals surface area contributed by atoms with E-state index in [9.17, 15) is 8.78 Å². The fourth-order valence-electron chi connectivity index (χ4n) is 2.17. The number of hydrogen-bond donors (Lipinski definition) is 0. The van der Waals surface area contributed by atoms with Gasteiger partial charge in [0.15, 0.2) is 5.82 Å². The summed E-state index contributed by atoms with van der Waals surface area (Å²) < 4.78 is 33.5. The number of aromatic nitrogens is 2. The summed E-state index contributed by atoms with van der Waals surface area (Å²) >= 11 is 0. The van der Waals surface area contributed by atoms with Gasteiger partial charge >= 0.3 is 0 Å². The minimum Gasteiger partial charge on any atom is -0.375 e. The van der Waals surface area contributed by atoms with Crippen molar-refractivity contribution in [2.75, 3.05) is 13.2 Å². The lowest BCUT2D eigenvalue weighted by atomic mass is 10.1. The molecule has 2 unspecified atom stereocenters. The van der Waals surface area contributed by atoms with Gasteiger partial charge in [-0.2, -0.15) is 10.2 Å². The molecule has 1 aliphatic rings. The van der Waals surface area contributed by atoms with Gasteiger partial charge in [0.1, 0.15) is 6.61 Å². The molecule has 1 saturated carbocycles. The minimum absolute atomic E-state index is 0.0410. The zero-order valence-electron chi connectivity index (χ0n) is 10.8. The van der Waals surface area contributed by atoms with Crippen LogP contribution in [0.2, 0.25) is 0 Å². The van der Waals surface area contributed by atoms with Crippen molar-refractivity contribution in [3.63, 3.8) is 0 Å². The van der Waals surface area contributed by atoms with E-state index in [1.807, 2.05) is 13.8 Å². The van der Waals surface area contributed by atoms with Crippen LogP contribution >= 0.6 is 0 Å². The molecule has 0 spiro atoms. The zero-order chi connectivity index (χ0) is 14.0. The predicted molar refractivity (Wildman–Crippen MR) is 60.5 cm³/mol. The van der Waals surface area contributed by atoms with E-state index in [1.165, 1.54) is 0 Å². The van der Waals surface area contributed by atoms with Crippen molar-refractivity contribution in [3.05, 3.63) is 11.7 Å². The van der Waals surface area contributed by atoms with Crippen LogP contribution in [0.3, 0.4) is 0 Å². The molecule has 19 heavy (non-hydrogen) atoms. The quantitative estimate of drug-likeness (QED) is 0.741. The Bertz CT molecular complexity index is 482. The molecule has 2 rings (SSSR count). The highest BCUT2D eigenvalue weighted by Gasteiger charge is 2.62. The molecule has 7 heteroatoms. The predicted octanol–water partition coefficient (Wildman–Crippen LogP) is 2.16. The van der Waals surface area contributed by atoms with Crippen LogP contribution in [0, 0.1) is 22.7 Å². The summed E-state index contributed by atoms with van der Waals surface area (Å²) in [5.41, 5.74) is -0.148. The van der Waals surface area contributed by atoms with Crippen molar-refractivity contribution in [1.29, 1.82) is 5.26 Å². The molecule has 1 aromatic rings. The second-order valence-corrected chi connectivity index (χ2v) is 5.17. The summed E-state index contributed by atoms with van der Waals surface area (Å²) in [6.45, 7) is 3.48. The van der Waals surface area contributed by atoms with E-state index >= 15 is 0 Å². The third-order valence-electron chi connectivity index (χ3n) is 3.43. The van der Waals surface area contributed by atoms with Gasteiger partial charge in [0.05, 0.1) is 24.5 Å². The van der Waals surface area contributed by atoms with Crippen molar-refractivity contribution in [3.8, 4) is 6.07 Å². The second-order valence-electron chi connectivity index (χ2n) is 5.17. The van der Waals surface area contributed by atoms with E-state index in [-0.39, 0.29) is 23.9 Å². The van der Waals surface area contributed by atoms with Crippen LogP contribution < -0.4 is 0 Å². The molecule has 0 bridgehead atoms. The molecule has 0 amide bonds. The Labute approximate surface area is 109 Å². The van der Waals surface area contributed by atoms with Gasteiger partial charge in [-0.05, 0) is 5.41 Å². The molecule has 1 aromatic heterocycles. The number of hydrogen-bond acceptors (Lipinski definition) is 5. The molecule has 0 N–H and O–H groups in total. The fraction of sp³-hybridized carbons (Fsp3) is 0.750. The van der Waals surface area contributed by atoms with Crippen LogP contribution in [0.1, 0.15) is 31.5 Å². The van der Waals surface area contributed by atoms with Gasteiger partial charge in [-0.15, -0.1) is 0 Å². The molecular formula is C12H15F2N3O2. The molecule has 0 aromatic carbocycles. The van der Waals surface area contributed by atoms with Crippen molar-refractivity contribution < 1.29 is 18.0 Å². The van der Waals surface area contributed by atoms with Gasteiger partial charge in [0.2, 0.25) is 5.89 Å². The third-order valence-corrected chi connectivity index (χ3v) is 3.43. The van der Waals surface area contributed by atoms with Gasteiger partial charge < -0.3 is 9.26 Å². The highest BCUT2D eigenvalue weighted by Crippen LogP contribution is 2.63. The lowest BCUT2D eigenvalue weighted by Crippen LogP contribution is -2.07. The normalized spacial score (nSPS) is 24.4. The van der Waals surface area contributed by atoms with E-state index < -0.39 is 13.0 Å². The summed E-state index contributed by atoms with van der Waals surface area (Å²) in [6.07, 6.45) is -2.15. The summed E-state index contributed by atoms with van der Waals surface area (Å²) in [6, 6.07) is 2.22. The van der Waals surface area contributed by atoms with Gasteiger partial charge in [-0.3, -0.25) is 0 Å². The Hall–Kier alpha value is -1.55. The average Bonchev–Trinajstić information content (AvgIpc) is 2.71. The van der Waals surface area contributed by atoms with Crippen molar-refractivity contribution in [1.82, 2.24) is 10.1 Å². The van der Waals surface area contributed by atoms with Crippen molar-refractivity contribution in [2.24, 2.45) is 11.3 Å².